The summed E-state index contributed by atoms with van der Waals surface area (Å²) in [6.07, 6.45) is 4.60. The van der Waals surface area contributed by atoms with Crippen LogP contribution >= 0.6 is 24.0 Å². The first kappa shape index (κ1) is 16.3. The van der Waals surface area contributed by atoms with Gasteiger partial charge in [0, 0.05) is 45.3 Å². The number of guanidine groups is 1. The number of nitrogens with one attached hydrogen (secondary N) is 1. The molecule has 1 aromatic heterocycles. The molecule has 19 heavy (non-hydrogen) atoms. The predicted octanol–water partition coefficient (Wildman–Crippen LogP) is 1.94. The van der Waals surface area contributed by atoms with E-state index in [1.807, 2.05) is 13.1 Å². The van der Waals surface area contributed by atoms with Crippen molar-refractivity contribution in [2.75, 3.05) is 33.9 Å². The standard InChI is InChI=1S/C13H21N3O2.HI/c1-14-13(15-7-11-4-6-18-10-11)16-5-3-12(8-16)9-17-2;/h4,6,10,12H,3,5,7-9H2,1-2H3,(H,14,15);1H. The first-order chi connectivity index (χ1) is 8.83. The van der Waals surface area contributed by atoms with E-state index >= 15 is 0 Å². The van der Waals surface area contributed by atoms with E-state index in [0.29, 0.717) is 5.92 Å². The number of halogens is 1. The van der Waals surface area contributed by atoms with Crippen LogP contribution in [0.4, 0.5) is 0 Å². The molecule has 6 heteroatoms. The number of hydrogen-bond donors (Lipinski definition) is 1. The summed E-state index contributed by atoms with van der Waals surface area (Å²) in [7, 11) is 3.58. The van der Waals surface area contributed by atoms with E-state index in [9.17, 15) is 0 Å². The molecule has 0 amide bonds. The summed E-state index contributed by atoms with van der Waals surface area (Å²) < 4.78 is 10.3. The summed E-state index contributed by atoms with van der Waals surface area (Å²) in [5.74, 6) is 1.57. The number of furan rings is 1. The van der Waals surface area contributed by atoms with Crippen LogP contribution in [-0.4, -0.2) is 44.7 Å². The fraction of sp³-hybridized carbons (Fsp3) is 0.615. The molecule has 1 aliphatic rings. The molecule has 1 fully saturated rings. The molecular formula is C13H22IN3O2. The topological polar surface area (TPSA) is 50.0 Å². The maximum atomic E-state index is 5.21. The van der Waals surface area contributed by atoms with Crippen molar-refractivity contribution in [1.29, 1.82) is 0 Å². The molecule has 0 aromatic carbocycles. The van der Waals surface area contributed by atoms with Crippen LogP contribution in [0, 0.1) is 5.92 Å². The zero-order valence-electron chi connectivity index (χ0n) is 11.5. The largest absolute Gasteiger partial charge is 0.472 e. The Hall–Kier alpha value is -0.760. The van der Waals surface area contributed by atoms with E-state index in [0.717, 1.165) is 37.8 Å². The summed E-state index contributed by atoms with van der Waals surface area (Å²) in [5, 5.41) is 3.35. The zero-order chi connectivity index (χ0) is 12.8. The number of aliphatic imine (C=N–C) groups is 1. The molecule has 0 radical (unpaired) electrons. The Morgan fingerprint density at radius 2 is 2.47 bits per heavy atom. The van der Waals surface area contributed by atoms with Crippen LogP contribution in [0.25, 0.3) is 0 Å². The maximum Gasteiger partial charge on any atom is 0.193 e. The van der Waals surface area contributed by atoms with Gasteiger partial charge in [0.2, 0.25) is 0 Å². The molecule has 1 atom stereocenters. The Balaban J connectivity index is 0.00000180. The molecule has 0 bridgehead atoms. The van der Waals surface area contributed by atoms with Crippen molar-refractivity contribution in [2.45, 2.75) is 13.0 Å². The monoisotopic (exact) mass is 379 g/mol. The van der Waals surface area contributed by atoms with Crippen molar-refractivity contribution in [3.8, 4) is 0 Å². The van der Waals surface area contributed by atoms with Gasteiger partial charge in [-0.15, -0.1) is 24.0 Å². The van der Waals surface area contributed by atoms with Crippen LogP contribution in [0.1, 0.15) is 12.0 Å². The number of rotatable bonds is 4. The molecule has 1 unspecified atom stereocenters. The van der Waals surface area contributed by atoms with Gasteiger partial charge in [-0.1, -0.05) is 0 Å². The Kier molecular flexibility index (Phi) is 7.22. The molecule has 0 aliphatic carbocycles. The lowest BCUT2D eigenvalue weighted by Crippen LogP contribution is -2.39. The molecule has 2 heterocycles. The van der Waals surface area contributed by atoms with Gasteiger partial charge < -0.3 is 19.4 Å². The maximum absolute atomic E-state index is 5.21. The predicted molar refractivity (Wildman–Crippen MR) is 85.9 cm³/mol. The number of likely N-dealkylation sites (tertiary alicyclic amines) is 1. The first-order valence-corrected chi connectivity index (χ1v) is 6.29. The van der Waals surface area contributed by atoms with Crippen LogP contribution < -0.4 is 5.32 Å². The van der Waals surface area contributed by atoms with Gasteiger partial charge in [-0.05, 0) is 12.5 Å². The van der Waals surface area contributed by atoms with E-state index in [4.69, 9.17) is 9.15 Å². The lowest BCUT2D eigenvalue weighted by molar-refractivity contribution is 0.157. The number of nitrogens with zero attached hydrogens (tertiary/aromatic N) is 2. The van der Waals surface area contributed by atoms with E-state index in [-0.39, 0.29) is 24.0 Å². The second-order valence-corrected chi connectivity index (χ2v) is 4.59. The third-order valence-electron chi connectivity index (χ3n) is 3.23. The Bertz CT molecular complexity index is 381. The zero-order valence-corrected chi connectivity index (χ0v) is 13.8. The average molecular weight is 379 g/mol. The number of ether oxygens (including phenoxy) is 1. The molecule has 1 N–H and O–H groups in total. The molecule has 5 nitrogen and oxygen atoms in total. The molecule has 2 rings (SSSR count). The van der Waals surface area contributed by atoms with Crippen molar-refractivity contribution in [2.24, 2.45) is 10.9 Å². The van der Waals surface area contributed by atoms with E-state index < -0.39 is 0 Å². The smallest absolute Gasteiger partial charge is 0.193 e. The second-order valence-electron chi connectivity index (χ2n) is 4.59. The van der Waals surface area contributed by atoms with Crippen LogP contribution in [0.2, 0.25) is 0 Å². The van der Waals surface area contributed by atoms with Crippen LogP contribution in [-0.2, 0) is 11.3 Å². The summed E-state index contributed by atoms with van der Waals surface area (Å²) in [4.78, 5) is 6.61. The lowest BCUT2D eigenvalue weighted by atomic mass is 10.1. The molecule has 108 valence electrons. The summed E-state index contributed by atoms with van der Waals surface area (Å²) in [6.45, 7) is 3.63. The average Bonchev–Trinajstić information content (AvgIpc) is 3.02. The van der Waals surface area contributed by atoms with Crippen LogP contribution in [0.15, 0.2) is 28.0 Å². The first-order valence-electron chi connectivity index (χ1n) is 6.29. The van der Waals surface area contributed by atoms with Gasteiger partial charge in [-0.2, -0.15) is 0 Å². The normalized spacial score (nSPS) is 19.4. The van der Waals surface area contributed by atoms with Crippen molar-refractivity contribution < 1.29 is 9.15 Å². The van der Waals surface area contributed by atoms with E-state index in [2.05, 4.69) is 15.2 Å². The molecule has 0 spiro atoms. The fourth-order valence-electron chi connectivity index (χ4n) is 2.30. The Morgan fingerprint density at radius 3 is 3.11 bits per heavy atom. The van der Waals surface area contributed by atoms with Crippen molar-refractivity contribution in [3.05, 3.63) is 24.2 Å². The van der Waals surface area contributed by atoms with Gasteiger partial charge in [-0.25, -0.2) is 0 Å². The highest BCUT2D eigenvalue weighted by atomic mass is 127. The summed E-state index contributed by atoms with van der Waals surface area (Å²) >= 11 is 0. The van der Waals surface area contributed by atoms with Crippen molar-refractivity contribution in [3.63, 3.8) is 0 Å². The fourth-order valence-corrected chi connectivity index (χ4v) is 2.30. The van der Waals surface area contributed by atoms with Crippen molar-refractivity contribution >= 4 is 29.9 Å². The Labute approximate surface area is 131 Å². The minimum atomic E-state index is 0. The summed E-state index contributed by atoms with van der Waals surface area (Å²) in [6, 6.07) is 1.96. The SMILES string of the molecule is CN=C(NCc1ccoc1)N1CCC(COC)C1.I. The van der Waals surface area contributed by atoms with Gasteiger partial charge in [-0.3, -0.25) is 4.99 Å². The number of methoxy groups -OCH3 is 1. The van der Waals surface area contributed by atoms with Gasteiger partial charge >= 0.3 is 0 Å². The van der Waals surface area contributed by atoms with Crippen LogP contribution in [0.3, 0.4) is 0 Å². The number of hydrogen-bond acceptors (Lipinski definition) is 3. The minimum absolute atomic E-state index is 0. The van der Waals surface area contributed by atoms with Gasteiger partial charge in [0.1, 0.15) is 0 Å². The van der Waals surface area contributed by atoms with E-state index in [1.165, 1.54) is 6.42 Å². The second kappa shape index (κ2) is 8.42. The van der Waals surface area contributed by atoms with Gasteiger partial charge in [0.25, 0.3) is 0 Å². The molecule has 0 saturated carbocycles. The van der Waals surface area contributed by atoms with E-state index in [1.54, 1.807) is 19.6 Å². The van der Waals surface area contributed by atoms with Gasteiger partial charge in [0.05, 0.1) is 19.1 Å². The third kappa shape index (κ3) is 4.68. The molecule has 1 saturated heterocycles. The van der Waals surface area contributed by atoms with Gasteiger partial charge in [0.15, 0.2) is 5.96 Å². The lowest BCUT2D eigenvalue weighted by Gasteiger charge is -2.21. The van der Waals surface area contributed by atoms with Crippen molar-refractivity contribution in [1.82, 2.24) is 10.2 Å². The quantitative estimate of drug-likeness (QED) is 0.494. The minimum Gasteiger partial charge on any atom is -0.472 e. The highest BCUT2D eigenvalue weighted by Gasteiger charge is 2.24. The highest BCUT2D eigenvalue weighted by Crippen LogP contribution is 2.16. The molecular weight excluding hydrogens is 357 g/mol. The molecule has 1 aromatic rings. The highest BCUT2D eigenvalue weighted by molar-refractivity contribution is 14.0. The summed E-state index contributed by atoms with van der Waals surface area (Å²) in [5.41, 5.74) is 1.13. The molecule has 1 aliphatic heterocycles. The Morgan fingerprint density at radius 1 is 1.63 bits per heavy atom. The third-order valence-corrected chi connectivity index (χ3v) is 3.23. The van der Waals surface area contributed by atoms with Crippen LogP contribution in [0.5, 0.6) is 0 Å².